The summed E-state index contributed by atoms with van der Waals surface area (Å²) < 4.78 is 0. The Balaban J connectivity index is 0.000000500. The zero-order chi connectivity index (χ0) is 6.10. The van der Waals surface area contributed by atoms with Crippen LogP contribution in [0.2, 0.25) is 0 Å². The second kappa shape index (κ2) is 2.80. The predicted octanol–water partition coefficient (Wildman–Crippen LogP) is 1.73. The van der Waals surface area contributed by atoms with Crippen molar-refractivity contribution in [3.8, 4) is 0 Å². The van der Waals surface area contributed by atoms with Gasteiger partial charge in [0.1, 0.15) is 0 Å². The van der Waals surface area contributed by atoms with Crippen LogP contribution in [0.3, 0.4) is 0 Å². The molecule has 10 heavy (non-hydrogen) atoms. The maximum atomic E-state index is 4.26. The molecule has 0 unspecified atom stereocenters. The number of fused-ring (bicyclic) bond motifs is 1. The van der Waals surface area contributed by atoms with Crippen LogP contribution >= 0.6 is 0 Å². The Labute approximate surface area is 60.9 Å². The third-order valence-electron chi connectivity index (χ3n) is 1.84. The molecule has 2 rings (SSSR count). The average molecular weight is 136 g/mol. The van der Waals surface area contributed by atoms with Gasteiger partial charge in [-0.1, -0.05) is 6.07 Å². The van der Waals surface area contributed by atoms with E-state index in [2.05, 4.69) is 11.1 Å². The molecule has 0 aromatic carbocycles. The van der Waals surface area contributed by atoms with E-state index < -0.39 is 0 Å². The Kier molecular flexibility index (Phi) is 2.02. The normalized spacial score (nSPS) is 14.0. The monoisotopic (exact) mass is 136 g/mol. The maximum Gasteiger partial charge on any atom is 0.0435 e. The Morgan fingerprint density at radius 2 is 2.20 bits per heavy atom. The van der Waals surface area contributed by atoms with Gasteiger partial charge in [-0.2, -0.15) is 0 Å². The van der Waals surface area contributed by atoms with Gasteiger partial charge >= 0.3 is 0 Å². The average Bonchev–Trinajstić information content (AvgIpc) is 2.33. The van der Waals surface area contributed by atoms with E-state index in [4.69, 9.17) is 0 Å². The molecule has 0 saturated carbocycles. The molecule has 2 nitrogen and oxygen atoms in total. The number of aryl methyl sites for hydroxylation is 2. The molecule has 1 aliphatic rings. The number of hydrogen-bond acceptors (Lipinski definition) is 2. The molecule has 0 spiro atoms. The first-order valence-corrected chi connectivity index (χ1v) is 3.39. The summed E-state index contributed by atoms with van der Waals surface area (Å²) in [6, 6.07) is 4.19. The number of rotatable bonds is 0. The zero-order valence-corrected chi connectivity index (χ0v) is 6.01. The summed E-state index contributed by atoms with van der Waals surface area (Å²) in [6.07, 6.45) is 5.61. The van der Waals surface area contributed by atoms with Crippen molar-refractivity contribution in [1.29, 1.82) is 0 Å². The molecular formula is C8H12N2. The molecule has 3 N–H and O–H groups in total. The highest BCUT2D eigenvalue weighted by atomic mass is 14.7. The second-order valence-corrected chi connectivity index (χ2v) is 2.46. The van der Waals surface area contributed by atoms with Crippen molar-refractivity contribution in [3.05, 3.63) is 29.6 Å². The van der Waals surface area contributed by atoms with E-state index in [1.165, 1.54) is 30.5 Å². The zero-order valence-electron chi connectivity index (χ0n) is 6.01. The van der Waals surface area contributed by atoms with Gasteiger partial charge in [0.25, 0.3) is 0 Å². The van der Waals surface area contributed by atoms with Gasteiger partial charge < -0.3 is 6.15 Å². The smallest absolute Gasteiger partial charge is 0.0435 e. The van der Waals surface area contributed by atoms with Crippen LogP contribution in [0.4, 0.5) is 0 Å². The van der Waals surface area contributed by atoms with E-state index in [1.54, 1.807) is 0 Å². The molecule has 1 heterocycles. The van der Waals surface area contributed by atoms with Crippen LogP contribution in [0, 0.1) is 0 Å². The molecule has 0 radical (unpaired) electrons. The van der Waals surface area contributed by atoms with Crippen molar-refractivity contribution in [2.75, 3.05) is 0 Å². The van der Waals surface area contributed by atoms with E-state index in [0.717, 1.165) is 0 Å². The van der Waals surface area contributed by atoms with Gasteiger partial charge in [0, 0.05) is 11.9 Å². The first-order chi connectivity index (χ1) is 4.47. The lowest BCUT2D eigenvalue weighted by Crippen LogP contribution is -1.83. The minimum Gasteiger partial charge on any atom is -0.344 e. The van der Waals surface area contributed by atoms with Gasteiger partial charge in [-0.05, 0) is 30.9 Å². The van der Waals surface area contributed by atoms with E-state index in [9.17, 15) is 0 Å². The highest BCUT2D eigenvalue weighted by Crippen LogP contribution is 2.17. The first-order valence-electron chi connectivity index (χ1n) is 3.39. The lowest BCUT2D eigenvalue weighted by Gasteiger charge is -1.92. The quantitative estimate of drug-likeness (QED) is 0.590. The highest BCUT2D eigenvalue weighted by Gasteiger charge is 2.08. The summed E-state index contributed by atoms with van der Waals surface area (Å²) in [4.78, 5) is 4.26. The van der Waals surface area contributed by atoms with Crippen molar-refractivity contribution in [1.82, 2.24) is 11.1 Å². The van der Waals surface area contributed by atoms with E-state index in [0.29, 0.717) is 0 Å². The number of hydrogen-bond donors (Lipinski definition) is 1. The molecule has 0 amide bonds. The first kappa shape index (κ1) is 7.22. The van der Waals surface area contributed by atoms with Crippen LogP contribution in [0.25, 0.3) is 0 Å². The molecule has 0 fully saturated rings. The molecular weight excluding hydrogens is 124 g/mol. The lowest BCUT2D eigenvalue weighted by molar-refractivity contribution is 0.899. The summed E-state index contributed by atoms with van der Waals surface area (Å²) >= 11 is 0. The topological polar surface area (TPSA) is 47.9 Å². The Morgan fingerprint density at radius 1 is 1.30 bits per heavy atom. The molecule has 2 heteroatoms. The van der Waals surface area contributed by atoms with E-state index >= 15 is 0 Å². The van der Waals surface area contributed by atoms with Crippen molar-refractivity contribution in [3.63, 3.8) is 0 Å². The summed E-state index contributed by atoms with van der Waals surface area (Å²) in [5.74, 6) is 0. The molecule has 1 aromatic rings. The van der Waals surface area contributed by atoms with Crippen molar-refractivity contribution in [2.24, 2.45) is 0 Å². The predicted molar refractivity (Wildman–Crippen MR) is 41.3 cm³/mol. The fourth-order valence-electron chi connectivity index (χ4n) is 1.37. The minimum atomic E-state index is 0. The van der Waals surface area contributed by atoms with Crippen LogP contribution in [0.1, 0.15) is 17.7 Å². The Morgan fingerprint density at radius 3 is 3.00 bits per heavy atom. The molecule has 1 aliphatic carbocycles. The molecule has 0 atom stereocenters. The molecule has 0 aliphatic heterocycles. The number of pyridine rings is 1. The summed E-state index contributed by atoms with van der Waals surface area (Å²) in [7, 11) is 0. The Bertz CT molecular complexity index is 197. The molecule has 0 bridgehead atoms. The highest BCUT2D eigenvalue weighted by molar-refractivity contribution is 5.23. The van der Waals surface area contributed by atoms with Gasteiger partial charge in [0.05, 0.1) is 0 Å². The summed E-state index contributed by atoms with van der Waals surface area (Å²) in [6.45, 7) is 0. The van der Waals surface area contributed by atoms with Gasteiger partial charge in [-0.3, -0.25) is 4.98 Å². The van der Waals surface area contributed by atoms with Gasteiger partial charge in [0.15, 0.2) is 0 Å². The van der Waals surface area contributed by atoms with E-state index in [-0.39, 0.29) is 6.15 Å². The van der Waals surface area contributed by atoms with Crippen LogP contribution in [0.15, 0.2) is 18.3 Å². The third kappa shape index (κ3) is 1.02. The fraction of sp³-hybridized carbons (Fsp3) is 0.375. The van der Waals surface area contributed by atoms with Crippen LogP contribution in [-0.2, 0) is 12.8 Å². The Hall–Kier alpha value is -0.890. The van der Waals surface area contributed by atoms with Crippen LogP contribution in [-0.4, -0.2) is 4.98 Å². The van der Waals surface area contributed by atoms with Crippen LogP contribution in [0.5, 0.6) is 0 Å². The fourth-order valence-corrected chi connectivity index (χ4v) is 1.37. The number of nitrogens with zero attached hydrogens (tertiary/aromatic N) is 1. The molecule has 0 saturated heterocycles. The van der Waals surface area contributed by atoms with E-state index in [1.807, 2.05) is 12.3 Å². The van der Waals surface area contributed by atoms with Crippen LogP contribution < -0.4 is 6.15 Å². The third-order valence-corrected chi connectivity index (χ3v) is 1.84. The summed E-state index contributed by atoms with van der Waals surface area (Å²) in [5.41, 5.74) is 2.77. The van der Waals surface area contributed by atoms with Crippen molar-refractivity contribution in [2.45, 2.75) is 19.3 Å². The standard InChI is InChI=1S/C8H9N.H3N/c1-3-7-4-2-6-9-8(7)5-1;/h2,4,6H,1,3,5H2;1H3. The van der Waals surface area contributed by atoms with Crippen molar-refractivity contribution >= 4 is 0 Å². The lowest BCUT2D eigenvalue weighted by atomic mass is 10.2. The molecule has 1 aromatic heterocycles. The number of aromatic nitrogens is 1. The van der Waals surface area contributed by atoms with Crippen molar-refractivity contribution < 1.29 is 0 Å². The second-order valence-electron chi connectivity index (χ2n) is 2.46. The SMILES string of the molecule is N.c1cnc2c(c1)CCC2. The van der Waals surface area contributed by atoms with Gasteiger partial charge in [-0.25, -0.2) is 0 Å². The maximum absolute atomic E-state index is 4.26. The molecule has 54 valence electrons. The summed E-state index contributed by atoms with van der Waals surface area (Å²) in [5, 5.41) is 0. The van der Waals surface area contributed by atoms with Gasteiger partial charge in [0.2, 0.25) is 0 Å². The minimum absolute atomic E-state index is 0. The van der Waals surface area contributed by atoms with Gasteiger partial charge in [-0.15, -0.1) is 0 Å². The largest absolute Gasteiger partial charge is 0.344 e.